The first-order valence-electron chi connectivity index (χ1n) is 8.82. The number of thiazole rings is 1. The van der Waals surface area contributed by atoms with E-state index < -0.39 is 0 Å². The summed E-state index contributed by atoms with van der Waals surface area (Å²) in [6.07, 6.45) is 3.20. The SMILES string of the molecule is CN(C)Cc1cc(Nc2nccc3nc(-c4c(Cl)cc(C#N)cc4Cl)sc23)ncn1. The van der Waals surface area contributed by atoms with E-state index in [1.165, 1.54) is 17.7 Å². The Bertz CT molecular complexity index is 1260. The number of halogens is 2. The highest BCUT2D eigenvalue weighted by Crippen LogP contribution is 2.41. The molecular formula is C20H15Cl2N7S. The van der Waals surface area contributed by atoms with Gasteiger partial charge >= 0.3 is 0 Å². The van der Waals surface area contributed by atoms with Gasteiger partial charge in [0.05, 0.1) is 37.6 Å². The summed E-state index contributed by atoms with van der Waals surface area (Å²) >= 11 is 14.2. The number of fused-ring (bicyclic) bond motifs is 1. The molecular weight excluding hydrogens is 441 g/mol. The predicted molar refractivity (Wildman–Crippen MR) is 120 cm³/mol. The van der Waals surface area contributed by atoms with Crippen LogP contribution in [0.2, 0.25) is 10.0 Å². The van der Waals surface area contributed by atoms with Crippen molar-refractivity contribution in [2.24, 2.45) is 0 Å². The Labute approximate surface area is 187 Å². The van der Waals surface area contributed by atoms with E-state index in [0.29, 0.717) is 44.4 Å². The molecule has 7 nitrogen and oxygen atoms in total. The highest BCUT2D eigenvalue weighted by Gasteiger charge is 2.17. The molecule has 1 N–H and O–H groups in total. The molecule has 0 unspecified atom stereocenters. The zero-order chi connectivity index (χ0) is 21.3. The fourth-order valence-electron chi connectivity index (χ4n) is 2.89. The minimum Gasteiger partial charge on any atom is -0.324 e. The Balaban J connectivity index is 1.73. The molecule has 0 radical (unpaired) electrons. The molecule has 0 fully saturated rings. The molecule has 0 atom stereocenters. The molecule has 0 aliphatic rings. The molecule has 150 valence electrons. The predicted octanol–water partition coefficient (Wildman–Crippen LogP) is 5.13. The Morgan fingerprint density at radius 2 is 1.90 bits per heavy atom. The van der Waals surface area contributed by atoms with Gasteiger partial charge in [0.1, 0.15) is 17.2 Å². The molecule has 0 aliphatic heterocycles. The lowest BCUT2D eigenvalue weighted by molar-refractivity contribution is 0.396. The number of hydrogen-bond donors (Lipinski definition) is 1. The first-order valence-corrected chi connectivity index (χ1v) is 10.4. The van der Waals surface area contributed by atoms with Crippen LogP contribution in [-0.2, 0) is 6.54 Å². The van der Waals surface area contributed by atoms with Crippen molar-refractivity contribution in [1.82, 2.24) is 24.8 Å². The van der Waals surface area contributed by atoms with Crippen LogP contribution in [-0.4, -0.2) is 38.9 Å². The van der Waals surface area contributed by atoms with E-state index >= 15 is 0 Å². The number of aromatic nitrogens is 4. The van der Waals surface area contributed by atoms with E-state index in [1.54, 1.807) is 18.3 Å². The lowest BCUT2D eigenvalue weighted by Crippen LogP contribution is -2.12. The molecule has 3 heterocycles. The van der Waals surface area contributed by atoms with Crippen molar-refractivity contribution in [1.29, 1.82) is 5.26 Å². The van der Waals surface area contributed by atoms with Gasteiger partial charge in [0.2, 0.25) is 0 Å². The van der Waals surface area contributed by atoms with Gasteiger partial charge in [-0.15, -0.1) is 11.3 Å². The second-order valence-corrected chi connectivity index (χ2v) is 8.52. The Kier molecular flexibility index (Phi) is 5.79. The average Bonchev–Trinajstić information content (AvgIpc) is 3.12. The van der Waals surface area contributed by atoms with Crippen LogP contribution in [0.1, 0.15) is 11.3 Å². The fraction of sp³-hybridized carbons (Fsp3) is 0.150. The minimum atomic E-state index is 0.379. The van der Waals surface area contributed by atoms with Crippen LogP contribution in [0.3, 0.4) is 0 Å². The summed E-state index contributed by atoms with van der Waals surface area (Å²) < 4.78 is 0.844. The van der Waals surface area contributed by atoms with Crippen LogP contribution in [0.4, 0.5) is 11.6 Å². The summed E-state index contributed by atoms with van der Waals surface area (Å²) in [4.78, 5) is 19.7. The number of rotatable bonds is 5. The van der Waals surface area contributed by atoms with E-state index in [2.05, 4.69) is 25.3 Å². The van der Waals surface area contributed by atoms with Crippen molar-refractivity contribution >= 4 is 56.4 Å². The molecule has 3 aromatic heterocycles. The third-order valence-corrected chi connectivity index (χ3v) is 5.83. The van der Waals surface area contributed by atoms with Crippen molar-refractivity contribution < 1.29 is 0 Å². The minimum absolute atomic E-state index is 0.379. The van der Waals surface area contributed by atoms with Crippen LogP contribution < -0.4 is 5.32 Å². The van der Waals surface area contributed by atoms with Crippen molar-refractivity contribution in [2.45, 2.75) is 6.54 Å². The summed E-state index contributed by atoms with van der Waals surface area (Å²) in [6, 6.07) is 8.92. The molecule has 4 aromatic rings. The topological polar surface area (TPSA) is 90.6 Å². The summed E-state index contributed by atoms with van der Waals surface area (Å²) in [5.41, 5.74) is 2.65. The van der Waals surface area contributed by atoms with Gasteiger partial charge in [-0.3, -0.25) is 0 Å². The second kappa shape index (κ2) is 8.50. The van der Waals surface area contributed by atoms with E-state index in [0.717, 1.165) is 15.9 Å². The van der Waals surface area contributed by atoms with Gasteiger partial charge in [-0.1, -0.05) is 23.2 Å². The zero-order valence-electron chi connectivity index (χ0n) is 16.0. The van der Waals surface area contributed by atoms with Crippen LogP contribution in [0.5, 0.6) is 0 Å². The fourth-order valence-corrected chi connectivity index (χ4v) is 4.75. The number of pyridine rings is 1. The van der Waals surface area contributed by atoms with Gasteiger partial charge < -0.3 is 10.2 Å². The maximum absolute atomic E-state index is 9.10. The number of anilines is 2. The Morgan fingerprint density at radius 3 is 2.60 bits per heavy atom. The van der Waals surface area contributed by atoms with Crippen LogP contribution in [0.25, 0.3) is 20.8 Å². The molecule has 0 saturated heterocycles. The van der Waals surface area contributed by atoms with Crippen molar-refractivity contribution in [3.8, 4) is 16.6 Å². The third-order valence-electron chi connectivity index (χ3n) is 4.14. The summed E-state index contributed by atoms with van der Waals surface area (Å²) in [5, 5.41) is 13.8. The molecule has 30 heavy (non-hydrogen) atoms. The second-order valence-electron chi connectivity index (χ2n) is 6.71. The molecule has 4 rings (SSSR count). The lowest BCUT2D eigenvalue weighted by Gasteiger charge is -2.10. The first kappa shape index (κ1) is 20.4. The van der Waals surface area contributed by atoms with Gasteiger partial charge in [0.25, 0.3) is 0 Å². The Hall–Kier alpha value is -2.83. The Morgan fingerprint density at radius 1 is 1.13 bits per heavy atom. The van der Waals surface area contributed by atoms with E-state index in [9.17, 15) is 0 Å². The zero-order valence-corrected chi connectivity index (χ0v) is 18.3. The standard InChI is InChI=1S/C20H15Cl2N7S/c1-29(2)9-12-7-16(26-10-25-12)28-19-18-15(3-4-24-19)27-20(30-18)17-13(21)5-11(8-23)6-14(17)22/h3-7,10H,9H2,1-2H3,(H,24,25,26,28). The van der Waals surface area contributed by atoms with Crippen LogP contribution >= 0.6 is 34.5 Å². The highest BCUT2D eigenvalue weighted by atomic mass is 35.5. The normalized spacial score (nSPS) is 11.1. The smallest absolute Gasteiger partial charge is 0.151 e. The van der Waals surface area contributed by atoms with Gasteiger partial charge in [-0.05, 0) is 32.3 Å². The molecule has 1 aromatic carbocycles. The lowest BCUT2D eigenvalue weighted by atomic mass is 10.1. The first-order chi connectivity index (χ1) is 14.4. The van der Waals surface area contributed by atoms with E-state index in [4.69, 9.17) is 28.5 Å². The number of nitrogens with one attached hydrogen (secondary N) is 1. The van der Waals surface area contributed by atoms with Gasteiger partial charge in [-0.2, -0.15) is 5.26 Å². The third kappa shape index (κ3) is 4.20. The summed E-state index contributed by atoms with van der Waals surface area (Å²) in [7, 11) is 3.96. The van der Waals surface area contributed by atoms with Gasteiger partial charge in [0, 0.05) is 24.4 Å². The van der Waals surface area contributed by atoms with E-state index in [-0.39, 0.29) is 0 Å². The van der Waals surface area contributed by atoms with Crippen molar-refractivity contribution in [2.75, 3.05) is 19.4 Å². The molecule has 0 spiro atoms. The molecule has 0 bridgehead atoms. The quantitative estimate of drug-likeness (QED) is 0.445. The van der Waals surface area contributed by atoms with Crippen LogP contribution in [0.15, 0.2) is 36.8 Å². The summed E-state index contributed by atoms with van der Waals surface area (Å²) in [5.74, 6) is 1.28. The maximum atomic E-state index is 9.10. The molecule has 0 aliphatic carbocycles. The maximum Gasteiger partial charge on any atom is 0.151 e. The molecule has 0 amide bonds. The van der Waals surface area contributed by atoms with E-state index in [1.807, 2.05) is 37.2 Å². The van der Waals surface area contributed by atoms with Gasteiger partial charge in [0.15, 0.2) is 5.82 Å². The van der Waals surface area contributed by atoms with Crippen LogP contribution in [0, 0.1) is 11.3 Å². The van der Waals surface area contributed by atoms with Crippen molar-refractivity contribution in [3.05, 3.63) is 58.1 Å². The van der Waals surface area contributed by atoms with Gasteiger partial charge in [-0.25, -0.2) is 19.9 Å². The number of hydrogen-bond acceptors (Lipinski definition) is 8. The monoisotopic (exact) mass is 455 g/mol. The average molecular weight is 456 g/mol. The number of nitriles is 1. The summed E-state index contributed by atoms with van der Waals surface area (Å²) in [6.45, 7) is 0.704. The number of nitrogens with zero attached hydrogens (tertiary/aromatic N) is 6. The molecule has 10 heteroatoms. The largest absolute Gasteiger partial charge is 0.324 e. The highest BCUT2D eigenvalue weighted by molar-refractivity contribution is 7.22. The van der Waals surface area contributed by atoms with Crippen molar-refractivity contribution in [3.63, 3.8) is 0 Å². The number of benzene rings is 1. The molecule has 0 saturated carbocycles.